The summed E-state index contributed by atoms with van der Waals surface area (Å²) in [5.74, 6) is 0. The Morgan fingerprint density at radius 1 is 1.05 bits per heavy atom. The Hall–Kier alpha value is -0.863. The molecule has 1 nitrogen and oxygen atoms in total. The maximum atomic E-state index is 12.3. The molecule has 93 valence electrons. The van der Waals surface area contributed by atoms with Crippen LogP contribution in [0.5, 0.6) is 0 Å². The van der Waals surface area contributed by atoms with E-state index in [-0.39, 0.29) is 24.4 Å². The number of hydrogen-bond acceptors (Lipinski definition) is 1. The van der Waals surface area contributed by atoms with Crippen LogP contribution in [0.3, 0.4) is 0 Å². The molecule has 0 aromatic heterocycles. The zero-order valence-corrected chi connectivity index (χ0v) is 12.7. The van der Waals surface area contributed by atoms with Gasteiger partial charge in [-0.15, -0.1) is 0 Å². The summed E-state index contributed by atoms with van der Waals surface area (Å²) in [4.78, 5) is 12.3. The van der Waals surface area contributed by atoms with E-state index in [1.807, 2.05) is 43.3 Å². The molecule has 0 aliphatic rings. The first-order valence-electron chi connectivity index (χ1n) is 6.17. The van der Waals surface area contributed by atoms with Crippen LogP contribution in [0.25, 0.3) is 11.1 Å². The Balaban J connectivity index is 0.00000180. The van der Waals surface area contributed by atoms with Gasteiger partial charge in [-0.3, -0.25) is 4.79 Å². The molecular weight excluding hydrogens is 246 g/mol. The average Bonchev–Trinajstić information content (AvgIpc) is 2.39. The number of benzene rings is 2. The first kappa shape index (κ1) is 16.2. The van der Waals surface area contributed by atoms with E-state index < -0.39 is 0 Å². The third-order valence-electron chi connectivity index (χ3n) is 2.92. The molecule has 0 saturated heterocycles. The molecule has 0 bridgehead atoms. The van der Waals surface area contributed by atoms with Crippen molar-refractivity contribution in [3.8, 4) is 11.1 Å². The normalized spacial score (nSPS) is 10.4. The van der Waals surface area contributed by atoms with Crippen molar-refractivity contribution >= 4 is 33.0 Å². The predicted octanol–water partition coefficient (Wildman–Crippen LogP) is 4.12. The van der Waals surface area contributed by atoms with Crippen molar-refractivity contribution in [1.29, 1.82) is 0 Å². The van der Waals surface area contributed by atoms with Gasteiger partial charge in [0.1, 0.15) is 0 Å². The minimum Gasteiger partial charge on any atom is -0.289 e. The maximum absolute atomic E-state index is 12.3. The summed E-state index contributed by atoms with van der Waals surface area (Å²) in [5.41, 5.74) is 4.41. The Morgan fingerprint density at radius 2 is 1.74 bits per heavy atom. The smallest absolute Gasteiger partial charge is 0.181 e. The second kappa shape index (κ2) is 7.66. The van der Waals surface area contributed by atoms with E-state index in [0.717, 1.165) is 28.4 Å². The van der Waals surface area contributed by atoms with E-state index in [1.54, 1.807) is 0 Å². The molecule has 0 N–H and O–H groups in total. The van der Waals surface area contributed by atoms with E-state index in [2.05, 4.69) is 19.1 Å². The van der Waals surface area contributed by atoms with Gasteiger partial charge in [-0.1, -0.05) is 55.5 Å². The van der Waals surface area contributed by atoms with Gasteiger partial charge in [0.15, 0.2) is 5.52 Å². The minimum atomic E-state index is 0. The number of carbonyl (C=O) groups is 1. The van der Waals surface area contributed by atoms with Crippen molar-refractivity contribution in [2.45, 2.75) is 13.8 Å². The van der Waals surface area contributed by atoms with Crippen LogP contribution in [0.1, 0.15) is 22.8 Å². The molecule has 3 heteroatoms. The predicted molar refractivity (Wildman–Crippen MR) is 85.6 cm³/mol. The van der Waals surface area contributed by atoms with Gasteiger partial charge in [0.05, 0.1) is 0 Å². The third-order valence-corrected chi connectivity index (χ3v) is 3.85. The van der Waals surface area contributed by atoms with E-state index in [1.165, 1.54) is 0 Å². The van der Waals surface area contributed by atoms with Gasteiger partial charge in [0.25, 0.3) is 0 Å². The first-order chi connectivity index (χ1) is 8.74. The maximum Gasteiger partial charge on any atom is 0.181 e. The molecule has 19 heavy (non-hydrogen) atoms. The largest absolute Gasteiger partial charge is 0.289 e. The summed E-state index contributed by atoms with van der Waals surface area (Å²) in [6.07, 6.45) is 0.918. The summed E-state index contributed by atoms with van der Waals surface area (Å²) in [7, 11) is 0.365. The molecule has 1 radical (unpaired) electrons. The topological polar surface area (TPSA) is 17.1 Å². The third kappa shape index (κ3) is 3.80. The SMILES string of the molecule is CCPC(=O)c1c(C)cccc1-c1ccccc1.[Li]. The van der Waals surface area contributed by atoms with E-state index in [4.69, 9.17) is 0 Å². The van der Waals surface area contributed by atoms with Crippen molar-refractivity contribution in [2.24, 2.45) is 0 Å². The van der Waals surface area contributed by atoms with Gasteiger partial charge in [-0.2, -0.15) is 0 Å². The number of aryl methyl sites for hydroxylation is 1. The van der Waals surface area contributed by atoms with Gasteiger partial charge < -0.3 is 0 Å². The zero-order chi connectivity index (χ0) is 13.0. The second-order valence-corrected chi connectivity index (χ2v) is 5.74. The summed E-state index contributed by atoms with van der Waals surface area (Å²) in [5, 5.41) is 0. The van der Waals surface area contributed by atoms with Crippen LogP contribution in [0.15, 0.2) is 48.5 Å². The van der Waals surface area contributed by atoms with Gasteiger partial charge >= 0.3 is 0 Å². The van der Waals surface area contributed by atoms with Crippen LogP contribution in [-0.2, 0) is 0 Å². The Labute approximate surface area is 128 Å². The van der Waals surface area contributed by atoms with Gasteiger partial charge in [-0.05, 0) is 38.4 Å². The Bertz CT molecular complexity index is 552. The minimum absolute atomic E-state index is 0. The molecule has 0 heterocycles. The van der Waals surface area contributed by atoms with Gasteiger partial charge in [-0.25, -0.2) is 0 Å². The molecule has 0 fully saturated rings. The number of hydrogen-bond donors (Lipinski definition) is 0. The van der Waals surface area contributed by atoms with Crippen molar-refractivity contribution in [1.82, 2.24) is 0 Å². The van der Waals surface area contributed by atoms with Crippen molar-refractivity contribution in [3.63, 3.8) is 0 Å². The fourth-order valence-corrected chi connectivity index (χ4v) is 2.91. The molecule has 0 aliphatic heterocycles. The van der Waals surface area contributed by atoms with Crippen LogP contribution >= 0.6 is 8.58 Å². The molecule has 0 aliphatic carbocycles. The Morgan fingerprint density at radius 3 is 2.37 bits per heavy atom. The van der Waals surface area contributed by atoms with E-state index >= 15 is 0 Å². The summed E-state index contributed by atoms with van der Waals surface area (Å²) in [6, 6.07) is 16.2. The molecule has 0 saturated carbocycles. The fourth-order valence-electron chi connectivity index (χ4n) is 2.08. The zero-order valence-electron chi connectivity index (χ0n) is 11.7. The quantitative estimate of drug-likeness (QED) is 0.599. The number of rotatable bonds is 4. The molecule has 1 atom stereocenters. The van der Waals surface area contributed by atoms with Gasteiger partial charge in [0, 0.05) is 24.4 Å². The van der Waals surface area contributed by atoms with Crippen LogP contribution in [0.4, 0.5) is 0 Å². The van der Waals surface area contributed by atoms with Crippen molar-refractivity contribution in [3.05, 3.63) is 59.7 Å². The number of carbonyl (C=O) groups excluding carboxylic acids is 1. The molecule has 0 spiro atoms. The summed E-state index contributed by atoms with van der Waals surface area (Å²) < 4.78 is 0. The molecule has 2 rings (SSSR count). The summed E-state index contributed by atoms with van der Waals surface area (Å²) >= 11 is 0. The molecule has 0 amide bonds. The van der Waals surface area contributed by atoms with Crippen molar-refractivity contribution < 1.29 is 4.79 Å². The standard InChI is InChI=1S/C16H17OP.Li/c1-3-18-16(17)15-12(2)8-7-11-14(15)13-9-5-4-6-10-13;/h4-11,18H,3H2,1-2H3;. The fraction of sp³-hybridized carbons (Fsp3) is 0.188. The monoisotopic (exact) mass is 263 g/mol. The van der Waals surface area contributed by atoms with E-state index in [9.17, 15) is 4.79 Å². The molecule has 1 unspecified atom stereocenters. The van der Waals surface area contributed by atoms with Crippen LogP contribution in [0.2, 0.25) is 0 Å². The van der Waals surface area contributed by atoms with Crippen LogP contribution in [0, 0.1) is 6.92 Å². The van der Waals surface area contributed by atoms with Gasteiger partial charge in [0.2, 0.25) is 0 Å². The molecular formula is C16H17LiOP. The second-order valence-electron chi connectivity index (χ2n) is 4.22. The first-order valence-corrected chi connectivity index (χ1v) is 7.38. The van der Waals surface area contributed by atoms with Crippen LogP contribution < -0.4 is 0 Å². The summed E-state index contributed by atoms with van der Waals surface area (Å²) in [6.45, 7) is 4.07. The average molecular weight is 263 g/mol. The molecule has 2 aromatic carbocycles. The molecule has 2 aromatic rings. The Kier molecular flexibility index (Phi) is 6.53. The van der Waals surface area contributed by atoms with Crippen LogP contribution in [-0.4, -0.2) is 30.5 Å². The van der Waals surface area contributed by atoms with Crippen molar-refractivity contribution in [2.75, 3.05) is 6.16 Å². The van der Waals surface area contributed by atoms with E-state index in [0.29, 0.717) is 8.58 Å².